The van der Waals surface area contributed by atoms with Gasteiger partial charge in [0.25, 0.3) is 5.91 Å². The Kier molecular flexibility index (Phi) is 8.19. The molecule has 0 aliphatic carbocycles. The Morgan fingerprint density at radius 2 is 1.65 bits per heavy atom. The maximum absolute atomic E-state index is 12.1. The number of hydrogen-bond donors (Lipinski definition) is 2. The van der Waals surface area contributed by atoms with Crippen LogP contribution in [0.15, 0.2) is 54.9 Å². The van der Waals surface area contributed by atoms with Crippen LogP contribution in [-0.4, -0.2) is 40.6 Å². The Hall–Kier alpha value is -3.94. The molecule has 1 atom stereocenters. The minimum atomic E-state index is -0.958. The molecule has 0 saturated carbocycles. The molecule has 178 valence electrons. The van der Waals surface area contributed by atoms with Gasteiger partial charge in [-0.25, -0.2) is 9.97 Å². The topological polar surface area (TPSA) is 111 Å². The van der Waals surface area contributed by atoms with Crippen molar-refractivity contribution in [2.24, 2.45) is 0 Å². The van der Waals surface area contributed by atoms with E-state index in [1.807, 2.05) is 13.0 Å². The van der Waals surface area contributed by atoms with Crippen molar-refractivity contribution < 1.29 is 24.2 Å². The first-order chi connectivity index (χ1) is 16.3. The molecule has 0 bridgehead atoms. The number of aromatic nitrogens is 2. The fourth-order valence-corrected chi connectivity index (χ4v) is 3.34. The van der Waals surface area contributed by atoms with Crippen molar-refractivity contribution in [1.29, 1.82) is 0 Å². The summed E-state index contributed by atoms with van der Waals surface area (Å²) < 4.78 is 11.4. The van der Waals surface area contributed by atoms with Gasteiger partial charge in [-0.2, -0.15) is 0 Å². The molecule has 0 saturated heterocycles. The number of carboxylic acids is 1. The second-order valence-corrected chi connectivity index (χ2v) is 8.15. The number of nitrogens with zero attached hydrogens (tertiary/aromatic N) is 2. The number of hydrogen-bond acceptors (Lipinski definition) is 6. The first-order valence-electron chi connectivity index (χ1n) is 11.1. The van der Waals surface area contributed by atoms with Gasteiger partial charge < -0.3 is 19.9 Å². The predicted octanol–water partition coefficient (Wildman–Crippen LogP) is 4.62. The predicted molar refractivity (Wildman–Crippen MR) is 128 cm³/mol. The molecule has 0 aliphatic rings. The highest BCUT2D eigenvalue weighted by Gasteiger charge is 2.14. The summed E-state index contributed by atoms with van der Waals surface area (Å²) in [6.45, 7) is 6.22. The van der Waals surface area contributed by atoms with E-state index in [1.54, 1.807) is 43.8 Å². The summed E-state index contributed by atoms with van der Waals surface area (Å²) in [5, 5.41) is 11.2. The van der Waals surface area contributed by atoms with Crippen molar-refractivity contribution in [3.8, 4) is 22.9 Å². The smallest absolute Gasteiger partial charge is 0.316 e. The molecular weight excluding hydrogens is 434 g/mol. The van der Waals surface area contributed by atoms with Crippen LogP contribution in [0.1, 0.15) is 60.7 Å². The third-order valence-corrected chi connectivity index (χ3v) is 5.38. The van der Waals surface area contributed by atoms with Gasteiger partial charge in [0.1, 0.15) is 11.9 Å². The molecule has 8 nitrogen and oxygen atoms in total. The van der Waals surface area contributed by atoms with Crippen molar-refractivity contribution in [2.75, 3.05) is 13.7 Å². The molecule has 1 aromatic heterocycles. The highest BCUT2D eigenvalue weighted by molar-refractivity contribution is 5.94. The quantitative estimate of drug-likeness (QED) is 0.451. The van der Waals surface area contributed by atoms with Crippen LogP contribution < -0.4 is 14.8 Å². The van der Waals surface area contributed by atoms with Crippen LogP contribution in [0.3, 0.4) is 0 Å². The van der Waals surface area contributed by atoms with E-state index < -0.39 is 5.97 Å². The summed E-state index contributed by atoms with van der Waals surface area (Å²) in [7, 11) is 1.64. The Labute approximate surface area is 199 Å². The molecule has 1 heterocycles. The third kappa shape index (κ3) is 6.31. The lowest BCUT2D eigenvalue weighted by Crippen LogP contribution is -2.25. The molecule has 2 aromatic carbocycles. The average Bonchev–Trinajstić information content (AvgIpc) is 2.83. The zero-order chi connectivity index (χ0) is 24.7. The Bertz CT molecular complexity index is 1130. The lowest BCUT2D eigenvalue weighted by molar-refractivity contribution is -0.136. The number of methoxy groups -OCH3 is 1. The number of amides is 1. The molecule has 2 N–H and O–H groups in total. The van der Waals surface area contributed by atoms with Crippen LogP contribution in [0.5, 0.6) is 11.8 Å². The van der Waals surface area contributed by atoms with Crippen molar-refractivity contribution in [3.05, 3.63) is 71.5 Å². The van der Waals surface area contributed by atoms with Gasteiger partial charge in [-0.15, -0.1) is 0 Å². The SMILES string of the molecule is COc1ccc(C(C)C)cc1-c1cnc(OC(C)c2ccc(C(=O)NCCC(=O)O)cc2)nc1. The van der Waals surface area contributed by atoms with Crippen LogP contribution in [-0.2, 0) is 4.79 Å². The second kappa shape index (κ2) is 11.3. The minimum absolute atomic E-state index is 0.0798. The normalized spacial score (nSPS) is 11.7. The van der Waals surface area contributed by atoms with Crippen LogP contribution >= 0.6 is 0 Å². The number of benzene rings is 2. The van der Waals surface area contributed by atoms with Gasteiger partial charge in [-0.3, -0.25) is 9.59 Å². The molecule has 3 aromatic rings. The maximum atomic E-state index is 12.1. The second-order valence-electron chi connectivity index (χ2n) is 8.15. The Balaban J connectivity index is 1.66. The van der Waals surface area contributed by atoms with Crippen LogP contribution in [0.2, 0.25) is 0 Å². The summed E-state index contributed by atoms with van der Waals surface area (Å²) in [4.78, 5) is 31.4. The van der Waals surface area contributed by atoms with Crippen LogP contribution in [0, 0.1) is 0 Å². The van der Waals surface area contributed by atoms with E-state index in [0.717, 1.165) is 22.4 Å². The van der Waals surface area contributed by atoms with Crippen molar-refractivity contribution in [1.82, 2.24) is 15.3 Å². The molecule has 0 radical (unpaired) electrons. The summed E-state index contributed by atoms with van der Waals surface area (Å²) in [6.07, 6.45) is 2.96. The number of carboxylic acid groups (broad SMARTS) is 1. The van der Waals surface area contributed by atoms with Gasteiger partial charge >= 0.3 is 12.0 Å². The summed E-state index contributed by atoms with van der Waals surface area (Å²) in [5.74, 6) is -0.143. The molecule has 8 heteroatoms. The Morgan fingerprint density at radius 3 is 2.24 bits per heavy atom. The first kappa shape index (κ1) is 24.7. The maximum Gasteiger partial charge on any atom is 0.316 e. The van der Waals surface area contributed by atoms with E-state index in [4.69, 9.17) is 14.6 Å². The number of carbonyl (C=O) groups excluding carboxylic acids is 1. The zero-order valence-electron chi connectivity index (χ0n) is 19.7. The molecular formula is C26H29N3O5. The fraction of sp³-hybridized carbons (Fsp3) is 0.308. The summed E-state index contributed by atoms with van der Waals surface area (Å²) >= 11 is 0. The molecule has 0 fully saturated rings. The van der Waals surface area contributed by atoms with Crippen LogP contribution in [0.4, 0.5) is 0 Å². The third-order valence-electron chi connectivity index (χ3n) is 5.38. The molecule has 1 unspecified atom stereocenters. The average molecular weight is 464 g/mol. The monoisotopic (exact) mass is 463 g/mol. The largest absolute Gasteiger partial charge is 0.496 e. The van der Waals surface area contributed by atoms with Crippen molar-refractivity contribution in [2.45, 2.75) is 39.2 Å². The van der Waals surface area contributed by atoms with Crippen molar-refractivity contribution >= 4 is 11.9 Å². The highest BCUT2D eigenvalue weighted by Crippen LogP contribution is 2.33. The zero-order valence-corrected chi connectivity index (χ0v) is 19.7. The van der Waals surface area contributed by atoms with E-state index in [1.165, 1.54) is 5.56 Å². The van der Waals surface area contributed by atoms with Gasteiger partial charge in [-0.1, -0.05) is 32.0 Å². The number of carbonyl (C=O) groups is 2. The van der Waals surface area contributed by atoms with Gasteiger partial charge in [0.2, 0.25) is 0 Å². The van der Waals surface area contributed by atoms with Gasteiger partial charge in [0.05, 0.1) is 13.5 Å². The van der Waals surface area contributed by atoms with Crippen molar-refractivity contribution in [3.63, 3.8) is 0 Å². The van der Waals surface area contributed by atoms with E-state index in [2.05, 4.69) is 41.3 Å². The summed E-state index contributed by atoms with van der Waals surface area (Å²) in [5.41, 5.74) is 4.24. The number of nitrogens with one attached hydrogen (secondary N) is 1. The molecule has 0 spiro atoms. The van der Waals surface area contributed by atoms with Gasteiger partial charge in [0, 0.05) is 35.6 Å². The van der Waals surface area contributed by atoms with E-state index in [9.17, 15) is 9.59 Å². The standard InChI is InChI=1S/C26H29N3O5/c1-16(2)20-9-10-23(33-4)22(13-20)21-14-28-26(29-15-21)34-17(3)18-5-7-19(8-6-18)25(32)27-12-11-24(30)31/h5-10,13-17H,11-12H2,1-4H3,(H,27,32)(H,30,31). The molecule has 1 amide bonds. The van der Waals surface area contributed by atoms with Crippen LogP contribution in [0.25, 0.3) is 11.1 Å². The summed E-state index contributed by atoms with van der Waals surface area (Å²) in [6, 6.07) is 13.2. The first-order valence-corrected chi connectivity index (χ1v) is 11.1. The van der Waals surface area contributed by atoms with E-state index in [-0.39, 0.29) is 31.0 Å². The lowest BCUT2D eigenvalue weighted by atomic mass is 9.98. The molecule has 3 rings (SSSR count). The van der Waals surface area contributed by atoms with Gasteiger partial charge in [0.15, 0.2) is 0 Å². The van der Waals surface area contributed by atoms with E-state index >= 15 is 0 Å². The number of aliphatic carboxylic acids is 1. The molecule has 34 heavy (non-hydrogen) atoms. The molecule has 0 aliphatic heterocycles. The minimum Gasteiger partial charge on any atom is -0.496 e. The van der Waals surface area contributed by atoms with Gasteiger partial charge in [-0.05, 0) is 48.2 Å². The lowest BCUT2D eigenvalue weighted by Gasteiger charge is -2.15. The fourth-order valence-electron chi connectivity index (χ4n) is 3.34. The van der Waals surface area contributed by atoms with E-state index in [0.29, 0.717) is 11.5 Å². The highest BCUT2D eigenvalue weighted by atomic mass is 16.5. The Morgan fingerprint density at radius 1 is 1.00 bits per heavy atom. The number of ether oxygens (including phenoxy) is 2. The number of rotatable bonds is 10.